The van der Waals surface area contributed by atoms with Gasteiger partial charge < -0.3 is 10.0 Å². The number of carboxylic acid groups (broad SMARTS) is 1. The molecule has 1 amide bonds. The fraction of sp³-hybridized carbons (Fsp3) is 0.200. The first-order chi connectivity index (χ1) is 10.8. The predicted molar refractivity (Wildman–Crippen MR) is 84.8 cm³/mol. The molecule has 7 nitrogen and oxygen atoms in total. The number of hydrogen-bond donors (Lipinski definition) is 2. The molecule has 0 radical (unpaired) electrons. The van der Waals surface area contributed by atoms with Gasteiger partial charge in [-0.15, -0.1) is 0 Å². The number of fused-ring (bicyclic) bond motifs is 1. The van der Waals surface area contributed by atoms with Crippen LogP contribution in [0.3, 0.4) is 0 Å². The van der Waals surface area contributed by atoms with E-state index in [0.717, 1.165) is 10.8 Å². The molecule has 0 bridgehead atoms. The molecule has 120 valence electrons. The molecule has 23 heavy (non-hydrogen) atoms. The van der Waals surface area contributed by atoms with Crippen LogP contribution in [-0.4, -0.2) is 37.2 Å². The van der Waals surface area contributed by atoms with E-state index >= 15 is 0 Å². The molecule has 0 spiro atoms. The molecule has 1 heterocycles. The minimum Gasteiger partial charge on any atom is -0.478 e. The van der Waals surface area contributed by atoms with E-state index in [1.165, 1.54) is 11.0 Å². The summed E-state index contributed by atoms with van der Waals surface area (Å²) in [4.78, 5) is 24.9. The molecular weight excluding hydrogens is 320 g/mol. The minimum atomic E-state index is -3.86. The van der Waals surface area contributed by atoms with Crippen molar-refractivity contribution in [1.82, 2.24) is 0 Å². The van der Waals surface area contributed by atoms with Gasteiger partial charge in [-0.05, 0) is 22.9 Å². The molecule has 0 aliphatic carbocycles. The van der Waals surface area contributed by atoms with Crippen molar-refractivity contribution < 1.29 is 23.1 Å². The SMILES string of the molecule is NS(=O)(=O)C1CC(=O)N(c2cc3ccccc3cc2C(=O)O)C1. The average molecular weight is 334 g/mol. The quantitative estimate of drug-likeness (QED) is 0.866. The Labute approximate surface area is 132 Å². The third-order valence-electron chi connectivity index (χ3n) is 3.94. The third-order valence-corrected chi connectivity index (χ3v) is 5.18. The molecule has 0 saturated carbocycles. The fourth-order valence-electron chi connectivity index (χ4n) is 2.75. The molecule has 1 aliphatic rings. The van der Waals surface area contributed by atoms with Crippen molar-refractivity contribution in [2.75, 3.05) is 11.4 Å². The summed E-state index contributed by atoms with van der Waals surface area (Å²) in [6.45, 7) is -0.143. The summed E-state index contributed by atoms with van der Waals surface area (Å²) in [5.74, 6) is -1.64. The standard InChI is InChI=1S/C15H14N2O5S/c16-23(21,22)11-7-14(18)17(8-11)13-6-10-4-2-1-3-9(10)5-12(13)15(19)20/h1-6,11H,7-8H2,(H,19,20)(H2,16,21,22). The van der Waals surface area contributed by atoms with Crippen molar-refractivity contribution in [3.63, 3.8) is 0 Å². The van der Waals surface area contributed by atoms with Gasteiger partial charge in [-0.3, -0.25) is 4.79 Å². The second-order valence-corrected chi connectivity index (χ2v) is 7.29. The van der Waals surface area contributed by atoms with Crippen LogP contribution in [0, 0.1) is 0 Å². The van der Waals surface area contributed by atoms with Crippen LogP contribution >= 0.6 is 0 Å². The molecule has 2 aromatic carbocycles. The highest BCUT2D eigenvalue weighted by molar-refractivity contribution is 7.89. The van der Waals surface area contributed by atoms with E-state index in [2.05, 4.69) is 0 Å². The number of benzene rings is 2. The highest BCUT2D eigenvalue weighted by atomic mass is 32.2. The van der Waals surface area contributed by atoms with Crippen molar-refractivity contribution in [2.24, 2.45) is 5.14 Å². The first kappa shape index (κ1) is 15.4. The van der Waals surface area contributed by atoms with Crippen molar-refractivity contribution in [2.45, 2.75) is 11.7 Å². The molecule has 1 atom stereocenters. The van der Waals surface area contributed by atoms with E-state index < -0.39 is 27.1 Å². The molecule has 1 saturated heterocycles. The number of nitrogens with zero attached hydrogens (tertiary/aromatic N) is 1. The molecule has 3 N–H and O–H groups in total. The van der Waals surface area contributed by atoms with Crippen LogP contribution in [0.25, 0.3) is 10.8 Å². The van der Waals surface area contributed by atoms with Crippen LogP contribution in [0.4, 0.5) is 5.69 Å². The summed E-state index contributed by atoms with van der Waals surface area (Å²) < 4.78 is 22.9. The second kappa shape index (κ2) is 5.32. The number of amides is 1. The number of hydrogen-bond acceptors (Lipinski definition) is 4. The molecular formula is C15H14N2O5S. The maximum absolute atomic E-state index is 12.2. The summed E-state index contributed by atoms with van der Waals surface area (Å²) in [7, 11) is -3.86. The molecule has 8 heteroatoms. The topological polar surface area (TPSA) is 118 Å². The lowest BCUT2D eigenvalue weighted by molar-refractivity contribution is -0.117. The Bertz CT molecular complexity index is 923. The van der Waals surface area contributed by atoms with Crippen LogP contribution in [0.1, 0.15) is 16.8 Å². The van der Waals surface area contributed by atoms with Gasteiger partial charge in [-0.1, -0.05) is 24.3 Å². The number of carbonyl (C=O) groups is 2. The van der Waals surface area contributed by atoms with E-state index in [-0.39, 0.29) is 24.2 Å². The maximum Gasteiger partial charge on any atom is 0.337 e. The van der Waals surface area contributed by atoms with Crippen LogP contribution in [0.5, 0.6) is 0 Å². The highest BCUT2D eigenvalue weighted by Crippen LogP contribution is 2.31. The van der Waals surface area contributed by atoms with Gasteiger partial charge in [0.1, 0.15) is 5.25 Å². The number of anilines is 1. The number of rotatable bonds is 3. The Hall–Kier alpha value is -2.45. The number of sulfonamides is 1. The predicted octanol–water partition coefficient (Wildman–Crippen LogP) is 0.932. The Balaban J connectivity index is 2.13. The van der Waals surface area contributed by atoms with Gasteiger partial charge in [-0.2, -0.15) is 0 Å². The molecule has 1 fully saturated rings. The Kier molecular flexibility index (Phi) is 3.57. The lowest BCUT2D eigenvalue weighted by Gasteiger charge is -2.19. The minimum absolute atomic E-state index is 0.0490. The number of nitrogens with two attached hydrogens (primary N) is 1. The van der Waals surface area contributed by atoms with Crippen LogP contribution in [0.2, 0.25) is 0 Å². The molecule has 0 aromatic heterocycles. The number of aromatic carboxylic acids is 1. The van der Waals surface area contributed by atoms with Crippen molar-refractivity contribution in [3.05, 3.63) is 42.0 Å². The number of carbonyl (C=O) groups excluding carboxylic acids is 1. The van der Waals surface area contributed by atoms with E-state index in [4.69, 9.17) is 5.14 Å². The summed E-state index contributed by atoms with van der Waals surface area (Å²) in [6, 6.07) is 10.2. The Morgan fingerprint density at radius 2 is 1.83 bits per heavy atom. The molecule has 3 rings (SSSR count). The summed E-state index contributed by atoms with van der Waals surface area (Å²) in [5, 5.41) is 15.0. The highest BCUT2D eigenvalue weighted by Gasteiger charge is 2.38. The summed E-state index contributed by atoms with van der Waals surface area (Å²) in [6.07, 6.45) is -0.245. The van der Waals surface area contributed by atoms with E-state index in [1.807, 2.05) is 0 Å². The van der Waals surface area contributed by atoms with Crippen LogP contribution in [-0.2, 0) is 14.8 Å². The lowest BCUT2D eigenvalue weighted by Crippen LogP contribution is -2.32. The van der Waals surface area contributed by atoms with Gasteiger partial charge in [0.05, 0.1) is 11.3 Å². The second-order valence-electron chi connectivity index (χ2n) is 5.44. The largest absolute Gasteiger partial charge is 0.478 e. The molecule has 1 unspecified atom stereocenters. The lowest BCUT2D eigenvalue weighted by atomic mass is 10.0. The molecule has 1 aliphatic heterocycles. The van der Waals surface area contributed by atoms with Gasteiger partial charge in [0.2, 0.25) is 15.9 Å². The van der Waals surface area contributed by atoms with Gasteiger partial charge >= 0.3 is 5.97 Å². The summed E-state index contributed by atoms with van der Waals surface area (Å²) >= 11 is 0. The smallest absolute Gasteiger partial charge is 0.337 e. The van der Waals surface area contributed by atoms with Crippen LogP contribution < -0.4 is 10.0 Å². The maximum atomic E-state index is 12.2. The number of primary sulfonamides is 1. The first-order valence-electron chi connectivity index (χ1n) is 6.85. The van der Waals surface area contributed by atoms with Crippen molar-refractivity contribution in [3.8, 4) is 0 Å². The normalized spacial score (nSPS) is 18.6. The zero-order valence-electron chi connectivity index (χ0n) is 12.0. The van der Waals surface area contributed by atoms with Crippen LogP contribution in [0.15, 0.2) is 36.4 Å². The average Bonchev–Trinajstić information content (AvgIpc) is 2.88. The molecule has 2 aromatic rings. The number of carboxylic acids is 1. The van der Waals surface area contributed by atoms with E-state index in [1.54, 1.807) is 30.3 Å². The van der Waals surface area contributed by atoms with Gasteiger partial charge in [0.15, 0.2) is 0 Å². The van der Waals surface area contributed by atoms with E-state index in [0.29, 0.717) is 0 Å². The Morgan fingerprint density at radius 1 is 1.22 bits per heavy atom. The zero-order chi connectivity index (χ0) is 16.8. The van der Waals surface area contributed by atoms with Gasteiger partial charge in [-0.25, -0.2) is 18.4 Å². The third kappa shape index (κ3) is 2.78. The van der Waals surface area contributed by atoms with Crippen molar-refractivity contribution >= 4 is 38.4 Å². The summed E-state index contributed by atoms with van der Waals surface area (Å²) in [5.41, 5.74) is 0.138. The Morgan fingerprint density at radius 3 is 2.35 bits per heavy atom. The van der Waals surface area contributed by atoms with Gasteiger partial charge in [0, 0.05) is 13.0 Å². The first-order valence-corrected chi connectivity index (χ1v) is 8.46. The fourth-order valence-corrected chi connectivity index (χ4v) is 3.48. The van der Waals surface area contributed by atoms with E-state index in [9.17, 15) is 23.1 Å². The monoisotopic (exact) mass is 334 g/mol. The van der Waals surface area contributed by atoms with Gasteiger partial charge in [0.25, 0.3) is 0 Å². The van der Waals surface area contributed by atoms with Crippen molar-refractivity contribution in [1.29, 1.82) is 0 Å². The zero-order valence-corrected chi connectivity index (χ0v) is 12.8.